The van der Waals surface area contributed by atoms with Crippen LogP contribution in [-0.2, 0) is 9.53 Å². The van der Waals surface area contributed by atoms with Crippen LogP contribution in [0, 0.1) is 0 Å². The Kier molecular flexibility index (Phi) is 3.17. The Morgan fingerprint density at radius 1 is 0.944 bits per heavy atom. The third kappa shape index (κ3) is 2.47. The van der Waals surface area contributed by atoms with Crippen LogP contribution in [-0.4, -0.2) is 11.2 Å². The first-order valence-electron chi connectivity index (χ1n) is 5.82. The second kappa shape index (κ2) is 4.96. The molecule has 0 aromatic heterocycles. The van der Waals surface area contributed by atoms with E-state index in [0.29, 0.717) is 0 Å². The molecular weight excluding hydrogens is 244 g/mol. The van der Waals surface area contributed by atoms with E-state index in [1.807, 2.05) is 60.7 Å². The van der Waals surface area contributed by atoms with Crippen LogP contribution in [0.25, 0.3) is 0 Å². The fourth-order valence-corrected chi connectivity index (χ4v) is 2.67. The van der Waals surface area contributed by atoms with Crippen molar-refractivity contribution in [3.63, 3.8) is 0 Å². The molecule has 1 aliphatic heterocycles. The molecule has 2 aromatic rings. The lowest BCUT2D eigenvalue weighted by Crippen LogP contribution is -2.02. The van der Waals surface area contributed by atoms with Gasteiger partial charge < -0.3 is 4.74 Å². The maximum atomic E-state index is 12.0. The second-order valence-electron chi connectivity index (χ2n) is 4.12. The zero-order valence-electron chi connectivity index (χ0n) is 9.65. The Balaban J connectivity index is 1.63. The average Bonchev–Trinajstić information content (AvgIpc) is 3.21. The molecular formula is C15H12O2S. The highest BCUT2D eigenvalue weighted by Gasteiger charge is 2.46. The van der Waals surface area contributed by atoms with E-state index >= 15 is 0 Å². The number of benzene rings is 2. The van der Waals surface area contributed by atoms with Crippen LogP contribution in [0.3, 0.4) is 0 Å². The van der Waals surface area contributed by atoms with Crippen molar-refractivity contribution >= 4 is 16.9 Å². The Bertz CT molecular complexity index is 539. The zero-order chi connectivity index (χ0) is 12.4. The van der Waals surface area contributed by atoms with E-state index in [1.165, 1.54) is 11.8 Å². The lowest BCUT2D eigenvalue weighted by Gasteiger charge is -1.97. The summed E-state index contributed by atoms with van der Waals surface area (Å²) in [6, 6.07) is 19.5. The quantitative estimate of drug-likeness (QED) is 0.622. The smallest absolute Gasteiger partial charge is 0.225 e. The summed E-state index contributed by atoms with van der Waals surface area (Å²) in [5, 5.41) is 0.0788. The van der Waals surface area contributed by atoms with Gasteiger partial charge in [0.2, 0.25) is 5.12 Å². The SMILES string of the molecule is O=C(Sc1ccccc1)C1OC1c1ccccc1. The number of hydrogen-bond donors (Lipinski definition) is 0. The summed E-state index contributed by atoms with van der Waals surface area (Å²) < 4.78 is 5.47. The van der Waals surface area contributed by atoms with E-state index in [0.717, 1.165) is 10.5 Å². The molecule has 2 aromatic carbocycles. The highest BCUT2D eigenvalue weighted by Crippen LogP contribution is 2.42. The summed E-state index contributed by atoms with van der Waals surface area (Å²) in [6.45, 7) is 0. The largest absolute Gasteiger partial charge is 0.355 e. The van der Waals surface area contributed by atoms with E-state index in [-0.39, 0.29) is 17.3 Å². The van der Waals surface area contributed by atoms with Gasteiger partial charge in [-0.15, -0.1) is 0 Å². The number of ether oxygens (including phenoxy) is 1. The van der Waals surface area contributed by atoms with Crippen LogP contribution in [0.5, 0.6) is 0 Å². The van der Waals surface area contributed by atoms with Crippen molar-refractivity contribution < 1.29 is 9.53 Å². The molecule has 90 valence electrons. The fourth-order valence-electron chi connectivity index (χ4n) is 1.85. The lowest BCUT2D eigenvalue weighted by atomic mass is 10.1. The van der Waals surface area contributed by atoms with Gasteiger partial charge in [0.1, 0.15) is 6.10 Å². The minimum Gasteiger partial charge on any atom is -0.355 e. The summed E-state index contributed by atoms with van der Waals surface area (Å²) in [7, 11) is 0. The molecule has 1 heterocycles. The van der Waals surface area contributed by atoms with E-state index in [9.17, 15) is 4.79 Å². The minimum atomic E-state index is -0.294. The van der Waals surface area contributed by atoms with Crippen LogP contribution in [0.15, 0.2) is 65.6 Å². The highest BCUT2D eigenvalue weighted by molar-refractivity contribution is 8.13. The van der Waals surface area contributed by atoms with Crippen molar-refractivity contribution in [3.05, 3.63) is 66.2 Å². The van der Waals surface area contributed by atoms with E-state index in [1.54, 1.807) is 0 Å². The van der Waals surface area contributed by atoms with Gasteiger partial charge in [-0.25, -0.2) is 0 Å². The summed E-state index contributed by atoms with van der Waals surface area (Å²) in [6.07, 6.45) is -0.354. The maximum absolute atomic E-state index is 12.0. The van der Waals surface area contributed by atoms with Crippen LogP contribution < -0.4 is 0 Å². The molecule has 3 heteroatoms. The molecule has 18 heavy (non-hydrogen) atoms. The van der Waals surface area contributed by atoms with Crippen LogP contribution >= 0.6 is 11.8 Å². The molecule has 0 bridgehead atoms. The van der Waals surface area contributed by atoms with E-state index in [4.69, 9.17) is 4.74 Å². The highest BCUT2D eigenvalue weighted by atomic mass is 32.2. The zero-order valence-corrected chi connectivity index (χ0v) is 10.5. The Hall–Kier alpha value is -1.58. The van der Waals surface area contributed by atoms with Crippen LogP contribution in [0.2, 0.25) is 0 Å². The second-order valence-corrected chi connectivity index (χ2v) is 5.20. The van der Waals surface area contributed by atoms with Gasteiger partial charge in [-0.1, -0.05) is 48.5 Å². The third-order valence-electron chi connectivity index (χ3n) is 2.81. The van der Waals surface area contributed by atoms with Gasteiger partial charge in [-0.05, 0) is 29.5 Å². The van der Waals surface area contributed by atoms with Crippen molar-refractivity contribution in [2.45, 2.75) is 17.1 Å². The van der Waals surface area contributed by atoms with Crippen LogP contribution in [0.4, 0.5) is 0 Å². The molecule has 0 amide bonds. The van der Waals surface area contributed by atoms with Gasteiger partial charge in [-0.2, -0.15) is 0 Å². The third-order valence-corrected chi connectivity index (χ3v) is 3.76. The molecule has 0 N–H and O–H groups in total. The number of hydrogen-bond acceptors (Lipinski definition) is 3. The van der Waals surface area contributed by atoms with Gasteiger partial charge in [-0.3, -0.25) is 4.79 Å². The Morgan fingerprint density at radius 2 is 1.56 bits per heavy atom. The standard InChI is InChI=1S/C15H12O2S/c16-15(18-12-9-5-2-6-10-12)14-13(17-14)11-7-3-1-4-8-11/h1-10,13-14H. The van der Waals surface area contributed by atoms with Crippen molar-refractivity contribution in [1.82, 2.24) is 0 Å². The van der Waals surface area contributed by atoms with Gasteiger partial charge in [0.15, 0.2) is 6.10 Å². The van der Waals surface area contributed by atoms with Gasteiger partial charge in [0.25, 0.3) is 0 Å². The number of rotatable bonds is 3. The molecule has 1 fully saturated rings. The molecule has 3 rings (SSSR count). The maximum Gasteiger partial charge on any atom is 0.225 e. The van der Waals surface area contributed by atoms with E-state index in [2.05, 4.69) is 0 Å². The number of carbonyl (C=O) groups excluding carboxylic acids is 1. The topological polar surface area (TPSA) is 29.6 Å². The summed E-state index contributed by atoms with van der Waals surface area (Å²) >= 11 is 1.25. The number of carbonyl (C=O) groups is 1. The summed E-state index contributed by atoms with van der Waals surface area (Å²) in [5.74, 6) is 0. The molecule has 0 spiro atoms. The van der Waals surface area contributed by atoms with Gasteiger partial charge >= 0.3 is 0 Å². The van der Waals surface area contributed by atoms with Crippen molar-refractivity contribution in [2.24, 2.45) is 0 Å². The molecule has 0 aliphatic carbocycles. The first kappa shape index (κ1) is 11.5. The Morgan fingerprint density at radius 3 is 2.22 bits per heavy atom. The molecule has 2 nitrogen and oxygen atoms in total. The average molecular weight is 256 g/mol. The molecule has 1 saturated heterocycles. The molecule has 2 unspecified atom stereocenters. The first-order valence-corrected chi connectivity index (χ1v) is 6.63. The van der Waals surface area contributed by atoms with Crippen molar-refractivity contribution in [2.75, 3.05) is 0 Å². The van der Waals surface area contributed by atoms with Gasteiger partial charge in [0.05, 0.1) is 0 Å². The number of thioether (sulfide) groups is 1. The summed E-state index contributed by atoms with van der Waals surface area (Å²) in [4.78, 5) is 13.0. The van der Waals surface area contributed by atoms with Crippen molar-refractivity contribution in [1.29, 1.82) is 0 Å². The molecule has 1 aliphatic rings. The molecule has 2 atom stereocenters. The number of epoxide rings is 1. The summed E-state index contributed by atoms with van der Waals surface area (Å²) in [5.41, 5.74) is 1.07. The predicted octanol–water partition coefficient (Wildman–Crippen LogP) is 3.45. The van der Waals surface area contributed by atoms with Crippen LogP contribution in [0.1, 0.15) is 11.7 Å². The monoisotopic (exact) mass is 256 g/mol. The Labute approximate surface area is 110 Å². The van der Waals surface area contributed by atoms with Crippen molar-refractivity contribution in [3.8, 4) is 0 Å². The lowest BCUT2D eigenvalue weighted by molar-refractivity contribution is -0.112. The molecule has 0 saturated carbocycles. The first-order chi connectivity index (χ1) is 8.84. The normalized spacial score (nSPS) is 21.6. The predicted molar refractivity (Wildman–Crippen MR) is 71.4 cm³/mol. The van der Waals surface area contributed by atoms with Gasteiger partial charge in [0, 0.05) is 4.90 Å². The van der Waals surface area contributed by atoms with E-state index < -0.39 is 0 Å². The fraction of sp³-hybridized carbons (Fsp3) is 0.133. The molecule has 0 radical (unpaired) electrons. The minimum absolute atomic E-state index is 0.0603.